The third kappa shape index (κ3) is 8.54. The van der Waals surface area contributed by atoms with E-state index in [1.165, 1.54) is 11.0 Å². The minimum absolute atomic E-state index is 0.323. The van der Waals surface area contributed by atoms with Gasteiger partial charge in [0.1, 0.15) is 6.07 Å². The minimum Gasteiger partial charge on any atom is -0.310 e. The molecule has 382 valence electrons. The van der Waals surface area contributed by atoms with Crippen LogP contribution in [0, 0.1) is 11.3 Å². The standard InChI is InChI=1S/C77H56BN3/c1-77(2,3)62-49-70-72-71(50-62)81(75-65(56-35-19-8-20-36-56)43-26-44-66(75)57-37-21-9-22-38-57)76-67(58-39-23-10-24-40-58)46-60(53-29-13-5-14-30-53)48-69(76)78(72)68-47-59(52-27-11-4-12-28-52)45-61(51-79)73(68)80(70)74-63(54-31-15-6-16-32-54)41-25-42-64(74)55-33-17-7-18-34-55/h4-50H,1-3H3. The third-order valence-corrected chi connectivity index (χ3v) is 16.4. The number of anilines is 6. The predicted molar refractivity (Wildman–Crippen MR) is 342 cm³/mol. The van der Waals surface area contributed by atoms with Gasteiger partial charge in [-0.25, -0.2) is 0 Å². The number of hydrogen-bond acceptors (Lipinski definition) is 3. The summed E-state index contributed by atoms with van der Waals surface area (Å²) in [5.41, 5.74) is 26.4. The van der Waals surface area contributed by atoms with E-state index in [-0.39, 0.29) is 12.1 Å². The molecule has 14 rings (SSSR count). The lowest BCUT2D eigenvalue weighted by molar-refractivity contribution is 0.590. The Morgan fingerprint density at radius 2 is 0.630 bits per heavy atom. The van der Waals surface area contributed by atoms with Crippen molar-refractivity contribution in [2.24, 2.45) is 0 Å². The topological polar surface area (TPSA) is 30.3 Å². The van der Waals surface area contributed by atoms with Crippen LogP contribution >= 0.6 is 0 Å². The van der Waals surface area contributed by atoms with Gasteiger partial charge < -0.3 is 9.80 Å². The molecule has 0 aliphatic carbocycles. The van der Waals surface area contributed by atoms with Crippen molar-refractivity contribution < 1.29 is 0 Å². The van der Waals surface area contributed by atoms with Gasteiger partial charge in [0.25, 0.3) is 6.71 Å². The number of nitriles is 1. The smallest absolute Gasteiger partial charge is 0.252 e. The van der Waals surface area contributed by atoms with Crippen LogP contribution in [0.5, 0.6) is 0 Å². The third-order valence-electron chi connectivity index (χ3n) is 16.4. The van der Waals surface area contributed by atoms with Gasteiger partial charge in [0.2, 0.25) is 0 Å². The van der Waals surface area contributed by atoms with Crippen LogP contribution < -0.4 is 26.2 Å². The van der Waals surface area contributed by atoms with E-state index in [0.29, 0.717) is 5.56 Å². The van der Waals surface area contributed by atoms with Crippen molar-refractivity contribution in [3.05, 3.63) is 296 Å². The summed E-state index contributed by atoms with van der Waals surface area (Å²) in [4.78, 5) is 5.15. The molecule has 0 bridgehead atoms. The molecule has 81 heavy (non-hydrogen) atoms. The first-order valence-corrected chi connectivity index (χ1v) is 28.0. The van der Waals surface area contributed by atoms with Crippen LogP contribution in [0.15, 0.2) is 285 Å². The summed E-state index contributed by atoms with van der Waals surface area (Å²) in [6.07, 6.45) is 0. The lowest BCUT2D eigenvalue weighted by Crippen LogP contribution is -2.62. The number of nitrogens with zero attached hydrogens (tertiary/aromatic N) is 3. The fraction of sp³-hybridized carbons (Fsp3) is 0.0519. The van der Waals surface area contributed by atoms with Crippen molar-refractivity contribution in [3.63, 3.8) is 0 Å². The van der Waals surface area contributed by atoms with E-state index in [9.17, 15) is 5.26 Å². The second kappa shape index (κ2) is 20.2. The SMILES string of the molecule is CC(C)(C)c1cc2c3c(c1)N(c1c(-c4ccccc4)cccc1-c1ccccc1)c1c(cc(-c4ccccc4)cc1-c1ccccc1)B3c1cc(-c3ccccc3)cc(C#N)c1N2c1c(-c2ccccc2)cccc1-c1ccccc1. The van der Waals surface area contributed by atoms with E-state index < -0.39 is 0 Å². The van der Waals surface area contributed by atoms with Crippen molar-refractivity contribution in [1.82, 2.24) is 0 Å². The van der Waals surface area contributed by atoms with Crippen molar-refractivity contribution in [2.75, 3.05) is 9.80 Å². The lowest BCUT2D eigenvalue weighted by Gasteiger charge is -2.47. The van der Waals surface area contributed by atoms with Gasteiger partial charge in [-0.15, -0.1) is 0 Å². The van der Waals surface area contributed by atoms with Crippen LogP contribution in [-0.4, -0.2) is 6.71 Å². The molecule has 4 heteroatoms. The Labute approximate surface area is 476 Å². The first-order valence-electron chi connectivity index (χ1n) is 28.0. The van der Waals surface area contributed by atoms with Gasteiger partial charge in [-0.2, -0.15) is 5.26 Å². The van der Waals surface area contributed by atoms with Gasteiger partial charge in [-0.05, 0) is 102 Å². The number of rotatable bonds is 9. The van der Waals surface area contributed by atoms with Gasteiger partial charge in [0.15, 0.2) is 0 Å². The maximum atomic E-state index is 12.0. The van der Waals surface area contributed by atoms with Crippen LogP contribution in [0.4, 0.5) is 34.1 Å². The van der Waals surface area contributed by atoms with Crippen LogP contribution in [0.3, 0.4) is 0 Å². The molecule has 0 amide bonds. The fourth-order valence-corrected chi connectivity index (χ4v) is 12.6. The molecule has 0 aromatic heterocycles. The van der Waals surface area contributed by atoms with Crippen LogP contribution in [0.25, 0.3) is 77.9 Å². The Hall–Kier alpha value is -10.2. The molecule has 0 unspecified atom stereocenters. The van der Waals surface area contributed by atoms with Gasteiger partial charge in [0.05, 0.1) is 22.6 Å². The average Bonchev–Trinajstić information content (AvgIpc) is 1.47. The summed E-state index contributed by atoms with van der Waals surface area (Å²) < 4.78 is 0. The van der Waals surface area contributed by atoms with Gasteiger partial charge >= 0.3 is 0 Å². The number of para-hydroxylation sites is 2. The maximum absolute atomic E-state index is 12.0. The Kier molecular flexibility index (Phi) is 12.3. The number of benzene rings is 12. The highest BCUT2D eigenvalue weighted by molar-refractivity contribution is 7.00. The van der Waals surface area contributed by atoms with E-state index in [2.05, 4.69) is 322 Å². The first-order chi connectivity index (χ1) is 39.8. The van der Waals surface area contributed by atoms with E-state index in [4.69, 9.17) is 0 Å². The van der Waals surface area contributed by atoms with Crippen molar-refractivity contribution in [3.8, 4) is 84.0 Å². The number of hydrogen-bond donors (Lipinski definition) is 0. The minimum atomic E-state index is -0.350. The molecule has 3 nitrogen and oxygen atoms in total. The molecular weight excluding hydrogens is 978 g/mol. The Balaban J connectivity index is 1.23. The lowest BCUT2D eigenvalue weighted by atomic mass is 9.32. The van der Waals surface area contributed by atoms with Crippen LogP contribution in [-0.2, 0) is 5.41 Å². The van der Waals surface area contributed by atoms with Gasteiger partial charge in [-0.3, -0.25) is 0 Å². The highest BCUT2D eigenvalue weighted by Gasteiger charge is 2.48. The summed E-state index contributed by atoms with van der Waals surface area (Å²) in [5.74, 6) is 0. The molecule has 2 heterocycles. The van der Waals surface area contributed by atoms with Crippen molar-refractivity contribution in [2.45, 2.75) is 26.2 Å². The van der Waals surface area contributed by atoms with Gasteiger partial charge in [-0.1, -0.05) is 282 Å². The highest BCUT2D eigenvalue weighted by atomic mass is 15.2. The zero-order valence-electron chi connectivity index (χ0n) is 45.6. The molecule has 2 aliphatic rings. The Morgan fingerprint density at radius 1 is 0.309 bits per heavy atom. The second-order valence-electron chi connectivity index (χ2n) is 22.3. The molecule has 0 N–H and O–H groups in total. The van der Waals surface area contributed by atoms with E-state index in [0.717, 1.165) is 123 Å². The van der Waals surface area contributed by atoms with Crippen LogP contribution in [0.1, 0.15) is 31.9 Å². The quantitative estimate of drug-likeness (QED) is 0.135. The number of fused-ring (bicyclic) bond motifs is 4. The monoisotopic (exact) mass is 1030 g/mol. The zero-order valence-corrected chi connectivity index (χ0v) is 45.6. The molecule has 0 saturated carbocycles. The normalized spacial score (nSPS) is 12.3. The van der Waals surface area contributed by atoms with Crippen molar-refractivity contribution in [1.29, 1.82) is 5.26 Å². The van der Waals surface area contributed by atoms with E-state index >= 15 is 0 Å². The summed E-state index contributed by atoms with van der Waals surface area (Å²) >= 11 is 0. The first kappa shape index (κ1) is 49.1. The molecule has 0 atom stereocenters. The highest BCUT2D eigenvalue weighted by Crippen LogP contribution is 2.55. The molecule has 12 aromatic rings. The summed E-state index contributed by atoms with van der Waals surface area (Å²) in [5, 5.41) is 12.0. The summed E-state index contributed by atoms with van der Waals surface area (Å²) in [7, 11) is 0. The van der Waals surface area contributed by atoms with E-state index in [1.807, 2.05) is 0 Å². The van der Waals surface area contributed by atoms with Crippen LogP contribution in [0.2, 0.25) is 0 Å². The fourth-order valence-electron chi connectivity index (χ4n) is 12.6. The van der Waals surface area contributed by atoms with E-state index in [1.54, 1.807) is 0 Å². The summed E-state index contributed by atoms with van der Waals surface area (Å²) in [6.45, 7) is 6.64. The molecular formula is C77H56BN3. The van der Waals surface area contributed by atoms with Gasteiger partial charge in [0, 0.05) is 44.9 Å². The summed E-state index contributed by atoms with van der Waals surface area (Å²) in [6, 6.07) is 107. The molecule has 2 aliphatic heterocycles. The molecule has 0 radical (unpaired) electrons. The van der Waals surface area contributed by atoms with Crippen molar-refractivity contribution >= 4 is 57.2 Å². The Bertz CT molecular complexity index is 4250. The predicted octanol–water partition coefficient (Wildman–Crippen LogP) is 18.6. The molecule has 12 aromatic carbocycles. The second-order valence-corrected chi connectivity index (χ2v) is 22.3. The molecule has 0 spiro atoms. The molecule has 0 fully saturated rings. The zero-order chi connectivity index (χ0) is 54.6. The maximum Gasteiger partial charge on any atom is 0.252 e. The largest absolute Gasteiger partial charge is 0.310 e. The molecule has 0 saturated heterocycles. The average molecular weight is 1030 g/mol. The Morgan fingerprint density at radius 3 is 0.988 bits per heavy atom.